The monoisotopic (exact) mass is 610 g/mol. The van der Waals surface area contributed by atoms with Crippen molar-refractivity contribution in [2.24, 2.45) is 13.0 Å². The van der Waals surface area contributed by atoms with Gasteiger partial charge in [-0.1, -0.05) is 25.0 Å². The average molecular weight is 611 g/mol. The second kappa shape index (κ2) is 11.4. The molecule has 1 aliphatic rings. The lowest BCUT2D eigenvalue weighted by Crippen LogP contribution is -2.53. The van der Waals surface area contributed by atoms with E-state index in [1.165, 1.54) is 18.0 Å². The minimum absolute atomic E-state index is 0.00591. The number of benzene rings is 2. The first-order valence-electron chi connectivity index (χ1n) is 12.7. The molecule has 7 nitrogen and oxygen atoms in total. The molecule has 0 radical (unpaired) electrons. The highest BCUT2D eigenvalue weighted by Crippen LogP contribution is 2.40. The molecule has 1 fully saturated rings. The maximum Gasteiger partial charge on any atom is 0.416 e. The summed E-state index contributed by atoms with van der Waals surface area (Å²) >= 11 is 0. The molecule has 2 heterocycles. The van der Waals surface area contributed by atoms with Crippen molar-refractivity contribution in [3.8, 4) is 0 Å². The van der Waals surface area contributed by atoms with Gasteiger partial charge in [0.05, 0.1) is 29.8 Å². The van der Waals surface area contributed by atoms with E-state index in [-0.39, 0.29) is 36.6 Å². The van der Waals surface area contributed by atoms with Crippen LogP contribution in [0.15, 0.2) is 36.4 Å². The van der Waals surface area contributed by atoms with E-state index in [9.17, 15) is 44.6 Å². The van der Waals surface area contributed by atoms with Crippen LogP contribution in [-0.4, -0.2) is 49.4 Å². The van der Waals surface area contributed by atoms with Gasteiger partial charge in [0.15, 0.2) is 0 Å². The van der Waals surface area contributed by atoms with E-state index in [0.29, 0.717) is 17.7 Å². The highest BCUT2D eigenvalue weighted by atomic mass is 19.4. The van der Waals surface area contributed by atoms with Gasteiger partial charge in [-0.2, -0.15) is 44.3 Å². The normalized spacial score (nSPS) is 16.1. The lowest BCUT2D eigenvalue weighted by atomic mass is 9.87. The first kappa shape index (κ1) is 31.5. The van der Waals surface area contributed by atoms with Crippen LogP contribution >= 0.6 is 0 Å². The van der Waals surface area contributed by atoms with E-state index in [1.807, 2.05) is 18.7 Å². The van der Waals surface area contributed by atoms with E-state index in [0.717, 1.165) is 16.9 Å². The smallest absolute Gasteiger partial charge is 0.390 e. The SMILES string of the molecule is CC(C)C(c1ccc(C(F)(F)F)cc1CN(Cc1cc(C(F)(F)F)cc(C(F)(F)F)c1)c1nnn(C)n1)N1CC(O)C1. The van der Waals surface area contributed by atoms with Crippen LogP contribution in [0.25, 0.3) is 0 Å². The predicted molar refractivity (Wildman–Crippen MR) is 132 cm³/mol. The standard InChI is InChI=1S/C26H27F9N6O/c1-14(2)22(40-12-20(42)13-40)21-5-4-17(24(27,28)29)8-16(21)11-41(23-36-38-39(3)37-23)10-15-6-18(25(30,31)32)9-19(7-15)26(33,34)35/h4-9,14,20,22,42H,10-13H2,1-3H3. The number of aromatic nitrogens is 4. The zero-order valence-electron chi connectivity index (χ0n) is 22.6. The molecule has 0 aliphatic carbocycles. The number of rotatable bonds is 8. The number of tetrazole rings is 1. The van der Waals surface area contributed by atoms with E-state index in [2.05, 4.69) is 15.4 Å². The molecule has 2 aromatic carbocycles. The number of anilines is 1. The number of aryl methyl sites for hydroxylation is 1. The molecule has 0 saturated carbocycles. The Kier molecular flexibility index (Phi) is 8.53. The summed E-state index contributed by atoms with van der Waals surface area (Å²) in [5.41, 5.74) is -3.90. The largest absolute Gasteiger partial charge is 0.416 e. The van der Waals surface area contributed by atoms with Crippen LogP contribution < -0.4 is 4.90 Å². The maximum absolute atomic E-state index is 13.8. The molecule has 230 valence electrons. The number of hydrogen-bond acceptors (Lipinski definition) is 6. The molecule has 1 aromatic heterocycles. The highest BCUT2D eigenvalue weighted by molar-refractivity contribution is 5.42. The number of alkyl halides is 9. The molecular weight excluding hydrogens is 583 g/mol. The summed E-state index contributed by atoms with van der Waals surface area (Å²) in [7, 11) is 1.38. The van der Waals surface area contributed by atoms with Gasteiger partial charge in [0.2, 0.25) is 0 Å². The summed E-state index contributed by atoms with van der Waals surface area (Å²) in [6, 6.07) is 3.77. The molecule has 1 N–H and O–H groups in total. The minimum Gasteiger partial charge on any atom is -0.390 e. The van der Waals surface area contributed by atoms with Crippen molar-refractivity contribution in [3.63, 3.8) is 0 Å². The predicted octanol–water partition coefficient (Wildman–Crippen LogP) is 5.85. The number of aliphatic hydroxyl groups is 1. The Morgan fingerprint density at radius 2 is 1.43 bits per heavy atom. The zero-order chi connectivity index (χ0) is 31.2. The number of β-amino-alcohol motifs (C(OH)–C–C–N with tert-alkyl or cyclic N) is 1. The third-order valence-corrected chi connectivity index (χ3v) is 6.87. The van der Waals surface area contributed by atoms with Crippen LogP contribution in [0.3, 0.4) is 0 Å². The Morgan fingerprint density at radius 3 is 1.88 bits per heavy atom. The van der Waals surface area contributed by atoms with Crippen molar-refractivity contribution in [1.29, 1.82) is 0 Å². The lowest BCUT2D eigenvalue weighted by Gasteiger charge is -2.44. The van der Waals surface area contributed by atoms with E-state index < -0.39 is 66.0 Å². The van der Waals surface area contributed by atoms with E-state index in [1.54, 1.807) is 0 Å². The van der Waals surface area contributed by atoms with Gasteiger partial charge in [0.25, 0.3) is 5.95 Å². The fourth-order valence-electron chi connectivity index (χ4n) is 5.03. The van der Waals surface area contributed by atoms with Crippen molar-refractivity contribution < 1.29 is 44.6 Å². The Bertz CT molecular complexity index is 1360. The average Bonchev–Trinajstić information content (AvgIpc) is 3.27. The second-order valence-corrected chi connectivity index (χ2v) is 10.6. The zero-order valence-corrected chi connectivity index (χ0v) is 22.6. The molecule has 1 aliphatic heterocycles. The van der Waals surface area contributed by atoms with E-state index >= 15 is 0 Å². The Morgan fingerprint density at radius 1 is 0.857 bits per heavy atom. The molecule has 42 heavy (non-hydrogen) atoms. The van der Waals surface area contributed by atoms with Gasteiger partial charge in [-0.25, -0.2) is 0 Å². The maximum atomic E-state index is 13.8. The van der Waals surface area contributed by atoms with Crippen LogP contribution in [0.1, 0.15) is 53.3 Å². The highest BCUT2D eigenvalue weighted by Gasteiger charge is 2.39. The first-order valence-corrected chi connectivity index (χ1v) is 12.7. The molecule has 16 heteroatoms. The number of hydrogen-bond donors (Lipinski definition) is 1. The van der Waals surface area contributed by atoms with Crippen molar-refractivity contribution in [1.82, 2.24) is 25.1 Å². The fraction of sp³-hybridized carbons (Fsp3) is 0.500. The molecule has 1 atom stereocenters. The van der Waals surface area contributed by atoms with E-state index in [4.69, 9.17) is 0 Å². The first-order chi connectivity index (χ1) is 19.3. The van der Waals surface area contributed by atoms with Crippen LogP contribution in [0.2, 0.25) is 0 Å². The Balaban J connectivity index is 1.82. The third-order valence-electron chi connectivity index (χ3n) is 6.87. The van der Waals surface area contributed by atoms with Gasteiger partial charge >= 0.3 is 18.5 Å². The van der Waals surface area contributed by atoms with Crippen molar-refractivity contribution >= 4 is 5.95 Å². The lowest BCUT2D eigenvalue weighted by molar-refractivity contribution is -0.143. The summed E-state index contributed by atoms with van der Waals surface area (Å²) in [5, 5.41) is 21.4. The van der Waals surface area contributed by atoms with Crippen molar-refractivity contribution in [3.05, 3.63) is 69.8 Å². The molecule has 4 rings (SSSR count). The Hall–Kier alpha value is -3.40. The second-order valence-electron chi connectivity index (χ2n) is 10.6. The molecule has 3 aromatic rings. The van der Waals surface area contributed by atoms with Crippen LogP contribution in [0.4, 0.5) is 45.5 Å². The van der Waals surface area contributed by atoms with Crippen LogP contribution in [0, 0.1) is 5.92 Å². The molecule has 1 unspecified atom stereocenters. The molecule has 1 saturated heterocycles. The summed E-state index contributed by atoms with van der Waals surface area (Å²) in [5.74, 6) is -0.346. The van der Waals surface area contributed by atoms with Gasteiger partial charge in [-0.05, 0) is 58.2 Å². The Labute approximate surface area is 234 Å². The minimum atomic E-state index is -5.09. The van der Waals surface area contributed by atoms with Crippen molar-refractivity contribution in [2.75, 3.05) is 18.0 Å². The number of likely N-dealkylation sites (tertiary alicyclic amines) is 1. The number of nitrogens with zero attached hydrogens (tertiary/aromatic N) is 6. The summed E-state index contributed by atoms with van der Waals surface area (Å²) < 4.78 is 122. The quantitative estimate of drug-likeness (QED) is 0.323. The molecule has 0 spiro atoms. The van der Waals surface area contributed by atoms with Crippen LogP contribution in [-0.2, 0) is 38.7 Å². The summed E-state index contributed by atoms with van der Waals surface area (Å²) in [6.07, 6.45) is -15.5. The van der Waals surface area contributed by atoms with Gasteiger partial charge < -0.3 is 10.0 Å². The fourth-order valence-corrected chi connectivity index (χ4v) is 5.03. The number of halogens is 9. The summed E-state index contributed by atoms with van der Waals surface area (Å²) in [6.45, 7) is 3.25. The van der Waals surface area contributed by atoms with Crippen molar-refractivity contribution in [2.45, 2.75) is 57.6 Å². The van der Waals surface area contributed by atoms with Gasteiger partial charge in [0.1, 0.15) is 0 Å². The molecule has 0 bridgehead atoms. The number of aliphatic hydroxyl groups excluding tert-OH is 1. The topological polar surface area (TPSA) is 70.3 Å². The molecular formula is C26H27F9N6O. The van der Waals surface area contributed by atoms with Gasteiger partial charge in [-0.3, -0.25) is 4.90 Å². The van der Waals surface area contributed by atoms with Gasteiger partial charge in [-0.15, -0.1) is 5.10 Å². The summed E-state index contributed by atoms with van der Waals surface area (Å²) in [4.78, 5) is 4.06. The molecule has 0 amide bonds. The van der Waals surface area contributed by atoms with Crippen LogP contribution in [0.5, 0.6) is 0 Å². The van der Waals surface area contributed by atoms with Gasteiger partial charge in [0, 0.05) is 32.2 Å². The third kappa shape index (κ3) is 7.14.